The zero-order valence-electron chi connectivity index (χ0n) is 15.1. The van der Waals surface area contributed by atoms with Crippen molar-refractivity contribution >= 4 is 6.09 Å². The van der Waals surface area contributed by atoms with E-state index >= 15 is 0 Å². The molecule has 1 atom stereocenters. The van der Waals surface area contributed by atoms with Crippen molar-refractivity contribution < 1.29 is 45.4 Å². The Balaban J connectivity index is 2.16. The van der Waals surface area contributed by atoms with Gasteiger partial charge in [0.25, 0.3) is 0 Å². The van der Waals surface area contributed by atoms with Crippen LogP contribution in [0.15, 0.2) is 42.5 Å². The minimum Gasteiger partial charge on any atom is -0.465 e. The fourth-order valence-corrected chi connectivity index (χ4v) is 2.64. The van der Waals surface area contributed by atoms with Gasteiger partial charge in [0.05, 0.1) is 24.3 Å². The van der Waals surface area contributed by atoms with Crippen molar-refractivity contribution in [2.45, 2.75) is 24.9 Å². The van der Waals surface area contributed by atoms with Crippen molar-refractivity contribution in [3.8, 4) is 0 Å². The Hall–Kier alpha value is -2.82. The Labute approximate surface area is 166 Å². The third-order valence-electron chi connectivity index (χ3n) is 4.08. The predicted octanol–water partition coefficient (Wildman–Crippen LogP) is 5.43. The van der Waals surface area contributed by atoms with E-state index in [9.17, 15) is 35.5 Å². The van der Waals surface area contributed by atoms with Gasteiger partial charge in [-0.3, -0.25) is 0 Å². The molecule has 0 aromatic heterocycles. The van der Waals surface area contributed by atoms with Crippen LogP contribution in [0.3, 0.4) is 0 Å². The Kier molecular flexibility index (Phi) is 7.30. The molecule has 0 radical (unpaired) electrons. The summed E-state index contributed by atoms with van der Waals surface area (Å²) < 4.78 is 95.8. The highest BCUT2D eigenvalue weighted by atomic mass is 19.4. The molecule has 1 amide bonds. The highest BCUT2D eigenvalue weighted by Gasteiger charge is 2.36. The molecule has 2 rings (SSSR count). The summed E-state index contributed by atoms with van der Waals surface area (Å²) in [4.78, 5) is 10.7. The van der Waals surface area contributed by atoms with E-state index in [-0.39, 0.29) is 24.8 Å². The van der Waals surface area contributed by atoms with E-state index in [0.717, 1.165) is 12.1 Å². The zero-order valence-corrected chi connectivity index (χ0v) is 15.1. The second kappa shape index (κ2) is 9.33. The van der Waals surface area contributed by atoms with Crippen LogP contribution in [0.1, 0.15) is 28.2 Å². The van der Waals surface area contributed by atoms with Gasteiger partial charge < -0.3 is 15.2 Å². The summed E-state index contributed by atoms with van der Waals surface area (Å²) in [5, 5.41) is 10.9. The largest absolute Gasteiger partial charge is 0.465 e. The molecule has 11 heteroatoms. The lowest BCUT2D eigenvalue weighted by atomic mass is 10.00. The Morgan fingerprint density at radius 3 is 1.97 bits per heavy atom. The first-order chi connectivity index (χ1) is 13.9. The third-order valence-corrected chi connectivity index (χ3v) is 4.08. The molecule has 0 saturated carbocycles. The normalized spacial score (nSPS) is 13.2. The van der Waals surface area contributed by atoms with E-state index in [2.05, 4.69) is 5.32 Å². The van der Waals surface area contributed by atoms with Gasteiger partial charge in [-0.05, 0) is 41.5 Å². The summed E-state index contributed by atoms with van der Waals surface area (Å²) >= 11 is 0. The van der Waals surface area contributed by atoms with Gasteiger partial charge in [-0.25, -0.2) is 9.18 Å². The van der Waals surface area contributed by atoms with Gasteiger partial charge in [0, 0.05) is 12.5 Å². The van der Waals surface area contributed by atoms with E-state index < -0.39 is 47.9 Å². The molecular weight excluding hydrogens is 423 g/mol. The zero-order chi connectivity index (χ0) is 22.5. The lowest BCUT2D eigenvalue weighted by Gasteiger charge is -2.18. The van der Waals surface area contributed by atoms with Crippen LogP contribution in [0.4, 0.5) is 35.5 Å². The van der Waals surface area contributed by atoms with Crippen LogP contribution in [0, 0.1) is 5.82 Å². The minimum atomic E-state index is -4.97. The van der Waals surface area contributed by atoms with Gasteiger partial charge in [0.15, 0.2) is 0 Å². The van der Waals surface area contributed by atoms with Crippen LogP contribution in [0.25, 0.3) is 0 Å². The predicted molar refractivity (Wildman–Crippen MR) is 91.3 cm³/mol. The van der Waals surface area contributed by atoms with E-state index in [4.69, 9.17) is 9.84 Å². The van der Waals surface area contributed by atoms with Crippen LogP contribution in [0.5, 0.6) is 0 Å². The monoisotopic (exact) mass is 439 g/mol. The number of halogens is 7. The topological polar surface area (TPSA) is 58.6 Å². The van der Waals surface area contributed by atoms with Gasteiger partial charge in [0.1, 0.15) is 5.82 Å². The summed E-state index contributed by atoms with van der Waals surface area (Å²) in [5.41, 5.74) is -2.79. The average Bonchev–Trinajstić information content (AvgIpc) is 2.63. The van der Waals surface area contributed by atoms with Crippen molar-refractivity contribution in [2.24, 2.45) is 0 Å². The molecule has 4 nitrogen and oxygen atoms in total. The molecule has 0 saturated heterocycles. The Bertz CT molecular complexity index is 832. The van der Waals surface area contributed by atoms with Gasteiger partial charge >= 0.3 is 18.4 Å². The molecule has 0 aliphatic rings. The number of carbonyl (C=O) groups is 1. The number of nitrogens with one attached hydrogen (secondary N) is 1. The second-order valence-electron chi connectivity index (χ2n) is 6.36. The SMILES string of the molecule is O=C(O)NCC(COCc1cc(C(F)(F)F)cc(C(F)(F)F)c1)c1ccc(F)cc1. The Morgan fingerprint density at radius 2 is 1.50 bits per heavy atom. The molecule has 2 aromatic rings. The summed E-state index contributed by atoms with van der Waals surface area (Å²) in [6, 6.07) is 6.13. The number of hydrogen-bond acceptors (Lipinski definition) is 2. The smallest absolute Gasteiger partial charge is 0.416 e. The molecule has 0 aliphatic carbocycles. The van der Waals surface area contributed by atoms with Crippen molar-refractivity contribution in [3.63, 3.8) is 0 Å². The first-order valence-corrected chi connectivity index (χ1v) is 8.44. The van der Waals surface area contributed by atoms with Crippen LogP contribution >= 0.6 is 0 Å². The highest BCUT2D eigenvalue weighted by molar-refractivity contribution is 5.64. The molecule has 0 aliphatic heterocycles. The minimum absolute atomic E-state index is 0.0155. The average molecular weight is 439 g/mol. The molecular formula is C19H16F7NO3. The summed E-state index contributed by atoms with van der Waals surface area (Å²) in [6.45, 7) is -0.960. The quantitative estimate of drug-likeness (QED) is 0.566. The summed E-state index contributed by atoms with van der Waals surface area (Å²) in [6.07, 6.45) is -11.3. The molecule has 0 fully saturated rings. The van der Waals surface area contributed by atoms with Crippen molar-refractivity contribution in [2.75, 3.05) is 13.2 Å². The maximum absolute atomic E-state index is 13.1. The van der Waals surface area contributed by atoms with Crippen molar-refractivity contribution in [3.05, 3.63) is 70.5 Å². The van der Waals surface area contributed by atoms with Crippen LogP contribution < -0.4 is 5.32 Å². The first-order valence-electron chi connectivity index (χ1n) is 8.44. The fraction of sp³-hybridized carbons (Fsp3) is 0.316. The lowest BCUT2D eigenvalue weighted by Crippen LogP contribution is -2.28. The molecule has 1 unspecified atom stereocenters. The van der Waals surface area contributed by atoms with E-state index in [1.807, 2.05) is 0 Å². The van der Waals surface area contributed by atoms with Crippen LogP contribution in [0.2, 0.25) is 0 Å². The number of hydrogen-bond donors (Lipinski definition) is 2. The second-order valence-corrected chi connectivity index (χ2v) is 6.36. The van der Waals surface area contributed by atoms with Gasteiger partial charge in [0.2, 0.25) is 0 Å². The molecule has 2 N–H and O–H groups in total. The first kappa shape index (κ1) is 23.5. The molecule has 2 aromatic carbocycles. The maximum Gasteiger partial charge on any atom is 0.416 e. The van der Waals surface area contributed by atoms with Gasteiger partial charge in [-0.15, -0.1) is 0 Å². The third kappa shape index (κ3) is 6.90. The molecule has 0 bridgehead atoms. The maximum atomic E-state index is 13.1. The number of alkyl halides is 6. The summed E-state index contributed by atoms with van der Waals surface area (Å²) in [5.74, 6) is -1.18. The van der Waals surface area contributed by atoms with E-state index in [0.29, 0.717) is 17.7 Å². The van der Waals surface area contributed by atoms with E-state index in [1.165, 1.54) is 12.1 Å². The van der Waals surface area contributed by atoms with Crippen LogP contribution in [-0.2, 0) is 23.7 Å². The Morgan fingerprint density at radius 1 is 0.967 bits per heavy atom. The summed E-state index contributed by atoms with van der Waals surface area (Å²) in [7, 11) is 0. The standard InChI is InChI=1S/C19H16F7NO3/c20-16-3-1-12(2-4-16)13(8-27-17(28)29)10-30-9-11-5-14(18(21,22)23)7-15(6-11)19(24,25)26/h1-7,13,27H,8-10H2,(H,28,29). The number of amides is 1. The van der Waals surface area contributed by atoms with Crippen molar-refractivity contribution in [1.29, 1.82) is 0 Å². The van der Waals surface area contributed by atoms with Gasteiger partial charge in [-0.1, -0.05) is 12.1 Å². The number of ether oxygens (including phenoxy) is 1. The van der Waals surface area contributed by atoms with E-state index in [1.54, 1.807) is 0 Å². The molecule has 0 spiro atoms. The lowest BCUT2D eigenvalue weighted by molar-refractivity contribution is -0.143. The number of rotatable bonds is 7. The molecule has 0 heterocycles. The van der Waals surface area contributed by atoms with Crippen molar-refractivity contribution in [1.82, 2.24) is 5.32 Å². The molecule has 30 heavy (non-hydrogen) atoms. The van der Waals surface area contributed by atoms with Crippen LogP contribution in [-0.4, -0.2) is 24.4 Å². The van der Waals surface area contributed by atoms with Gasteiger partial charge in [-0.2, -0.15) is 26.3 Å². The highest BCUT2D eigenvalue weighted by Crippen LogP contribution is 2.36. The number of carboxylic acid groups (broad SMARTS) is 1. The molecule has 164 valence electrons. The number of benzene rings is 2. The fourth-order valence-electron chi connectivity index (χ4n) is 2.64.